The van der Waals surface area contributed by atoms with Crippen LogP contribution in [0.2, 0.25) is 0 Å². The Morgan fingerprint density at radius 3 is 2.00 bits per heavy atom. The van der Waals surface area contributed by atoms with Gasteiger partial charge in [-0.1, -0.05) is 0 Å². The quantitative estimate of drug-likeness (QED) is 0.357. The second kappa shape index (κ2) is 10.5. The molecule has 0 unspecified atom stereocenters. The van der Waals surface area contributed by atoms with Gasteiger partial charge in [0.25, 0.3) is 0 Å². The fourth-order valence-corrected chi connectivity index (χ4v) is 0.293. The average molecular weight is 217 g/mol. The minimum atomic E-state index is -0.603. The maximum atomic E-state index is 10.1. The molecule has 0 aliphatic carbocycles. The monoisotopic (exact) mass is 216 g/mol. The molecule has 0 aromatic heterocycles. The molecule has 0 aromatic carbocycles. The Labute approximate surface area is 79.8 Å². The molecule has 0 aliphatic heterocycles. The highest BCUT2D eigenvalue weighted by molar-refractivity contribution is 6.40. The zero-order valence-corrected chi connectivity index (χ0v) is 7.73. The number of nitrogens with two attached hydrogens (primary N) is 1. The molecule has 0 spiro atoms. The van der Waals surface area contributed by atoms with E-state index in [0.717, 1.165) is 0 Å². The smallest absolute Gasteiger partial charge is 0.243 e. The molecule has 5 nitrogen and oxygen atoms in total. The molecule has 0 saturated heterocycles. The van der Waals surface area contributed by atoms with Crippen LogP contribution in [0.5, 0.6) is 0 Å². The Balaban J connectivity index is 0. The number of carbonyl (C=O) groups is 2. The third-order valence-corrected chi connectivity index (χ3v) is 0.723. The third-order valence-electron chi connectivity index (χ3n) is 0.723. The first-order chi connectivity index (χ1) is 5.58. The number of nitrogens with one attached hydrogen (secondary N) is 1. The van der Waals surface area contributed by atoms with Crippen molar-refractivity contribution in [1.82, 2.24) is 5.48 Å². The molecular weight excluding hydrogens is 207 g/mol. The maximum Gasteiger partial charge on any atom is 0.243 e. The molecule has 72 valence electrons. The molecule has 0 saturated carbocycles. The highest BCUT2D eigenvalue weighted by Gasteiger charge is 2.00. The number of amides is 2. The van der Waals surface area contributed by atoms with E-state index >= 15 is 0 Å². The zero-order chi connectivity index (χ0) is 9.98. The molecule has 0 bridgehead atoms. The van der Waals surface area contributed by atoms with Gasteiger partial charge in [-0.05, 0) is 0 Å². The SMILES string of the molecule is ClCCl.NC(=O)CCC(=O)NO. The number of hydroxylamine groups is 1. The minimum Gasteiger partial charge on any atom is -0.370 e. The second-order valence-electron chi connectivity index (χ2n) is 1.60. The summed E-state index contributed by atoms with van der Waals surface area (Å²) in [6, 6.07) is 0. The summed E-state index contributed by atoms with van der Waals surface area (Å²) < 4.78 is 0. The Hall–Kier alpha value is -0.520. The zero-order valence-electron chi connectivity index (χ0n) is 6.22. The van der Waals surface area contributed by atoms with Gasteiger partial charge in [0.05, 0.1) is 5.34 Å². The van der Waals surface area contributed by atoms with Crippen molar-refractivity contribution in [3.63, 3.8) is 0 Å². The van der Waals surface area contributed by atoms with Crippen molar-refractivity contribution < 1.29 is 14.8 Å². The first-order valence-corrected chi connectivity index (χ1v) is 3.98. The summed E-state index contributed by atoms with van der Waals surface area (Å²) in [5.41, 5.74) is 6.07. The molecular formula is C5H10Cl2N2O3. The molecule has 7 heteroatoms. The molecule has 12 heavy (non-hydrogen) atoms. The largest absolute Gasteiger partial charge is 0.370 e. The number of primary amides is 1. The Kier molecular flexibility index (Phi) is 12.3. The summed E-state index contributed by atoms with van der Waals surface area (Å²) in [5, 5.41) is 8.09. The van der Waals surface area contributed by atoms with Crippen molar-refractivity contribution in [2.24, 2.45) is 5.73 Å². The predicted molar refractivity (Wildman–Crippen MR) is 44.9 cm³/mol. The minimum absolute atomic E-state index is 0.0353. The first-order valence-electron chi connectivity index (χ1n) is 2.91. The lowest BCUT2D eigenvalue weighted by molar-refractivity contribution is -0.131. The summed E-state index contributed by atoms with van der Waals surface area (Å²) in [7, 11) is 0. The topological polar surface area (TPSA) is 92.4 Å². The van der Waals surface area contributed by atoms with Gasteiger partial charge in [-0.15, -0.1) is 23.2 Å². The van der Waals surface area contributed by atoms with E-state index in [1.54, 1.807) is 0 Å². The van der Waals surface area contributed by atoms with Gasteiger partial charge in [-0.25, -0.2) is 5.48 Å². The Morgan fingerprint density at radius 2 is 1.75 bits per heavy atom. The van der Waals surface area contributed by atoms with Crippen molar-refractivity contribution >= 4 is 35.0 Å². The summed E-state index contributed by atoms with van der Waals surface area (Å²) in [4.78, 5) is 20.1. The number of hydrogen-bond acceptors (Lipinski definition) is 3. The molecule has 0 radical (unpaired) electrons. The van der Waals surface area contributed by atoms with Gasteiger partial charge in [0, 0.05) is 12.8 Å². The van der Waals surface area contributed by atoms with Crippen LogP contribution in [0.4, 0.5) is 0 Å². The summed E-state index contributed by atoms with van der Waals surface area (Å²) in [5.74, 6) is -1.16. The number of alkyl halides is 2. The Bertz CT molecular complexity index is 143. The fraction of sp³-hybridized carbons (Fsp3) is 0.600. The lowest BCUT2D eigenvalue weighted by Gasteiger charge is -1.92. The maximum absolute atomic E-state index is 10.1. The van der Waals surface area contributed by atoms with Crippen molar-refractivity contribution in [2.75, 3.05) is 5.34 Å². The van der Waals surface area contributed by atoms with E-state index in [4.69, 9.17) is 34.1 Å². The third kappa shape index (κ3) is 16.2. The fourth-order valence-electron chi connectivity index (χ4n) is 0.293. The predicted octanol–water partition coefficient (Wildman–Crippen LogP) is 0.179. The number of hydrogen-bond donors (Lipinski definition) is 3. The van der Waals surface area contributed by atoms with Crippen molar-refractivity contribution in [3.8, 4) is 0 Å². The van der Waals surface area contributed by atoms with Gasteiger partial charge < -0.3 is 5.73 Å². The summed E-state index contributed by atoms with van der Waals surface area (Å²) in [6.45, 7) is 0. The highest BCUT2D eigenvalue weighted by Crippen LogP contribution is 1.84. The van der Waals surface area contributed by atoms with Gasteiger partial charge in [-0.3, -0.25) is 14.8 Å². The van der Waals surface area contributed by atoms with E-state index in [0.29, 0.717) is 0 Å². The normalized spacial score (nSPS) is 7.92. The first kappa shape index (κ1) is 14.0. The van der Waals surface area contributed by atoms with E-state index in [1.165, 1.54) is 5.48 Å². The molecule has 0 heterocycles. The number of rotatable bonds is 3. The lowest BCUT2D eigenvalue weighted by atomic mass is 10.3. The van der Waals surface area contributed by atoms with Crippen LogP contribution in [0.15, 0.2) is 0 Å². The van der Waals surface area contributed by atoms with Crippen molar-refractivity contribution in [3.05, 3.63) is 0 Å². The molecule has 0 fully saturated rings. The van der Waals surface area contributed by atoms with E-state index < -0.39 is 11.8 Å². The van der Waals surface area contributed by atoms with E-state index in [2.05, 4.69) is 0 Å². The average Bonchev–Trinajstić information content (AvgIpc) is 2.01. The molecule has 0 rings (SSSR count). The van der Waals surface area contributed by atoms with Crippen LogP contribution in [-0.4, -0.2) is 22.4 Å². The van der Waals surface area contributed by atoms with Crippen molar-refractivity contribution in [1.29, 1.82) is 0 Å². The lowest BCUT2D eigenvalue weighted by Crippen LogP contribution is -2.21. The van der Waals surface area contributed by atoms with Crippen LogP contribution >= 0.6 is 23.2 Å². The molecule has 0 atom stereocenters. The van der Waals surface area contributed by atoms with Crippen LogP contribution < -0.4 is 11.2 Å². The van der Waals surface area contributed by atoms with Gasteiger partial charge in [0.2, 0.25) is 11.8 Å². The van der Waals surface area contributed by atoms with E-state index in [9.17, 15) is 9.59 Å². The second-order valence-corrected chi connectivity index (χ2v) is 2.41. The van der Waals surface area contributed by atoms with E-state index in [-0.39, 0.29) is 18.2 Å². The molecule has 2 amide bonds. The van der Waals surface area contributed by atoms with Crippen LogP contribution in [-0.2, 0) is 9.59 Å². The van der Waals surface area contributed by atoms with Gasteiger partial charge in [0.1, 0.15) is 0 Å². The van der Waals surface area contributed by atoms with Gasteiger partial charge in [-0.2, -0.15) is 0 Å². The molecule has 4 N–H and O–H groups in total. The van der Waals surface area contributed by atoms with Crippen LogP contribution in [0, 0.1) is 0 Å². The van der Waals surface area contributed by atoms with Crippen molar-refractivity contribution in [2.45, 2.75) is 12.8 Å². The van der Waals surface area contributed by atoms with Crippen LogP contribution in [0.25, 0.3) is 0 Å². The Morgan fingerprint density at radius 1 is 1.33 bits per heavy atom. The summed E-state index contributed by atoms with van der Waals surface area (Å²) >= 11 is 9.53. The van der Waals surface area contributed by atoms with Crippen LogP contribution in [0.1, 0.15) is 12.8 Å². The molecule has 0 aromatic rings. The number of halogens is 2. The highest BCUT2D eigenvalue weighted by atomic mass is 35.5. The number of carbonyl (C=O) groups excluding carboxylic acids is 2. The van der Waals surface area contributed by atoms with E-state index in [1.807, 2.05) is 0 Å². The molecule has 0 aliphatic rings. The van der Waals surface area contributed by atoms with Gasteiger partial charge in [0.15, 0.2) is 0 Å². The van der Waals surface area contributed by atoms with Crippen LogP contribution in [0.3, 0.4) is 0 Å². The summed E-state index contributed by atoms with van der Waals surface area (Å²) in [6.07, 6.45) is -0.0990. The standard InChI is InChI=1S/C4H8N2O3.CH2Cl2/c5-3(7)1-2-4(8)6-9;2-1-3/h9H,1-2H2,(H2,5,7)(H,6,8);1H2. The van der Waals surface area contributed by atoms with Gasteiger partial charge >= 0.3 is 0 Å².